The van der Waals surface area contributed by atoms with Gasteiger partial charge in [0.15, 0.2) is 0 Å². The van der Waals surface area contributed by atoms with E-state index in [-0.39, 0.29) is 17.8 Å². The van der Waals surface area contributed by atoms with Crippen LogP contribution in [0.15, 0.2) is 18.2 Å². The minimum atomic E-state index is -0.153. The van der Waals surface area contributed by atoms with Gasteiger partial charge in [-0.3, -0.25) is 9.59 Å². The Morgan fingerprint density at radius 2 is 2.00 bits per heavy atom. The van der Waals surface area contributed by atoms with E-state index in [2.05, 4.69) is 0 Å². The van der Waals surface area contributed by atoms with E-state index in [4.69, 9.17) is 10.5 Å². The average Bonchev–Trinajstić information content (AvgIpc) is 2.50. The first-order chi connectivity index (χ1) is 10.0. The quantitative estimate of drug-likeness (QED) is 0.682. The smallest absolute Gasteiger partial charge is 0.309 e. The topological polar surface area (TPSA) is 72.6 Å². The summed E-state index contributed by atoms with van der Waals surface area (Å²) in [5, 5.41) is 0. The minimum absolute atomic E-state index is 0.0569. The molecule has 1 aromatic carbocycles. The summed E-state index contributed by atoms with van der Waals surface area (Å²) in [6, 6.07) is 5.48. The molecule has 1 aromatic rings. The number of carbonyl (C=O) groups excluding carboxylic acids is 2. The number of nitrogen functional groups attached to an aromatic ring is 1. The maximum absolute atomic E-state index is 12.5. The Hall–Kier alpha value is -2.04. The Balaban J connectivity index is 2.00. The van der Waals surface area contributed by atoms with Crippen molar-refractivity contribution in [2.24, 2.45) is 5.92 Å². The zero-order chi connectivity index (χ0) is 15.4. The third-order valence-corrected chi connectivity index (χ3v) is 3.96. The maximum atomic E-state index is 12.5. The molecule has 0 aliphatic carbocycles. The van der Waals surface area contributed by atoms with E-state index >= 15 is 0 Å². The molecule has 0 saturated carbocycles. The van der Waals surface area contributed by atoms with Gasteiger partial charge in [0.1, 0.15) is 0 Å². The van der Waals surface area contributed by atoms with Gasteiger partial charge in [0.05, 0.1) is 18.1 Å². The van der Waals surface area contributed by atoms with Gasteiger partial charge in [-0.05, 0) is 38.3 Å². The number of piperidine rings is 1. The van der Waals surface area contributed by atoms with E-state index in [1.165, 1.54) is 0 Å². The molecule has 0 atom stereocenters. The SMILES string of the molecule is CCOC(=O)C1CCN(C(=O)c2cccc(C)c2N)CC1. The highest BCUT2D eigenvalue weighted by molar-refractivity contribution is 5.99. The summed E-state index contributed by atoms with van der Waals surface area (Å²) < 4.78 is 5.03. The van der Waals surface area contributed by atoms with Crippen molar-refractivity contribution in [2.45, 2.75) is 26.7 Å². The van der Waals surface area contributed by atoms with Crippen LogP contribution in [0.4, 0.5) is 5.69 Å². The molecule has 1 aliphatic rings. The highest BCUT2D eigenvalue weighted by Gasteiger charge is 2.29. The largest absolute Gasteiger partial charge is 0.466 e. The summed E-state index contributed by atoms with van der Waals surface area (Å²) in [5.41, 5.74) is 7.97. The van der Waals surface area contributed by atoms with Gasteiger partial charge in [-0.15, -0.1) is 0 Å². The summed E-state index contributed by atoms with van der Waals surface area (Å²) in [6.07, 6.45) is 1.30. The average molecular weight is 290 g/mol. The number of nitrogens with zero attached hydrogens (tertiary/aromatic N) is 1. The van der Waals surface area contributed by atoms with E-state index in [1.54, 1.807) is 17.9 Å². The zero-order valence-electron chi connectivity index (χ0n) is 12.6. The number of aryl methyl sites for hydroxylation is 1. The number of para-hydroxylation sites is 1. The van der Waals surface area contributed by atoms with Crippen molar-refractivity contribution >= 4 is 17.6 Å². The van der Waals surface area contributed by atoms with Gasteiger partial charge >= 0.3 is 5.97 Å². The fraction of sp³-hybridized carbons (Fsp3) is 0.500. The first kappa shape index (κ1) is 15.4. The van der Waals surface area contributed by atoms with Gasteiger partial charge in [-0.1, -0.05) is 12.1 Å². The fourth-order valence-electron chi connectivity index (χ4n) is 2.62. The number of benzene rings is 1. The first-order valence-corrected chi connectivity index (χ1v) is 7.35. The van der Waals surface area contributed by atoms with Crippen molar-refractivity contribution in [1.29, 1.82) is 0 Å². The molecule has 1 heterocycles. The number of hydrogen-bond donors (Lipinski definition) is 1. The molecule has 0 radical (unpaired) electrons. The molecule has 21 heavy (non-hydrogen) atoms. The molecule has 0 unspecified atom stereocenters. The second-order valence-electron chi connectivity index (χ2n) is 5.35. The van der Waals surface area contributed by atoms with Crippen LogP contribution < -0.4 is 5.73 Å². The number of rotatable bonds is 3. The zero-order valence-corrected chi connectivity index (χ0v) is 12.6. The molecule has 1 aliphatic heterocycles. The van der Waals surface area contributed by atoms with Gasteiger partial charge in [0.25, 0.3) is 5.91 Å². The number of nitrogens with two attached hydrogens (primary N) is 1. The van der Waals surface area contributed by atoms with Crippen LogP contribution in [0, 0.1) is 12.8 Å². The predicted molar refractivity (Wildman–Crippen MR) is 80.9 cm³/mol. The van der Waals surface area contributed by atoms with Gasteiger partial charge in [-0.2, -0.15) is 0 Å². The summed E-state index contributed by atoms with van der Waals surface area (Å²) >= 11 is 0. The number of esters is 1. The molecular weight excluding hydrogens is 268 g/mol. The Morgan fingerprint density at radius 1 is 1.33 bits per heavy atom. The lowest BCUT2D eigenvalue weighted by atomic mass is 9.96. The van der Waals surface area contributed by atoms with Crippen LogP contribution in [0.25, 0.3) is 0 Å². The van der Waals surface area contributed by atoms with Crippen LogP contribution in [-0.2, 0) is 9.53 Å². The molecule has 5 heteroatoms. The molecule has 5 nitrogen and oxygen atoms in total. The van der Waals surface area contributed by atoms with Crippen molar-refractivity contribution in [3.05, 3.63) is 29.3 Å². The number of anilines is 1. The number of hydrogen-bond acceptors (Lipinski definition) is 4. The second-order valence-corrected chi connectivity index (χ2v) is 5.35. The predicted octanol–water partition coefficient (Wildman–Crippen LogP) is 1.99. The molecule has 1 fully saturated rings. The van der Waals surface area contributed by atoms with Crippen LogP contribution in [0.3, 0.4) is 0 Å². The van der Waals surface area contributed by atoms with Crippen LogP contribution in [0.1, 0.15) is 35.7 Å². The Bertz CT molecular complexity index is 534. The van der Waals surface area contributed by atoms with Crippen molar-refractivity contribution in [1.82, 2.24) is 4.90 Å². The number of carbonyl (C=O) groups is 2. The van der Waals surface area contributed by atoms with Crippen molar-refractivity contribution in [3.8, 4) is 0 Å². The maximum Gasteiger partial charge on any atom is 0.309 e. The summed E-state index contributed by atoms with van der Waals surface area (Å²) in [5.74, 6) is -0.304. The molecular formula is C16H22N2O3. The molecule has 0 spiro atoms. The second kappa shape index (κ2) is 6.61. The minimum Gasteiger partial charge on any atom is -0.466 e. The highest BCUT2D eigenvalue weighted by atomic mass is 16.5. The van der Waals surface area contributed by atoms with Gasteiger partial charge in [-0.25, -0.2) is 0 Å². The lowest BCUT2D eigenvalue weighted by Gasteiger charge is -2.31. The monoisotopic (exact) mass is 290 g/mol. The van der Waals surface area contributed by atoms with Crippen LogP contribution in [0.2, 0.25) is 0 Å². The molecule has 2 N–H and O–H groups in total. The lowest BCUT2D eigenvalue weighted by molar-refractivity contribution is -0.149. The van der Waals surface area contributed by atoms with Crippen molar-refractivity contribution in [2.75, 3.05) is 25.4 Å². The van der Waals surface area contributed by atoms with Crippen molar-refractivity contribution in [3.63, 3.8) is 0 Å². The Morgan fingerprint density at radius 3 is 2.62 bits per heavy atom. The summed E-state index contributed by atoms with van der Waals surface area (Å²) in [4.78, 5) is 26.0. The van der Waals surface area contributed by atoms with Crippen LogP contribution >= 0.6 is 0 Å². The third-order valence-electron chi connectivity index (χ3n) is 3.96. The summed E-state index contributed by atoms with van der Waals surface area (Å²) in [7, 11) is 0. The number of likely N-dealkylation sites (tertiary alicyclic amines) is 1. The van der Waals surface area contributed by atoms with E-state index in [0.717, 1.165) is 5.56 Å². The highest BCUT2D eigenvalue weighted by Crippen LogP contribution is 2.23. The van der Waals surface area contributed by atoms with Crippen LogP contribution in [-0.4, -0.2) is 36.5 Å². The lowest BCUT2D eigenvalue weighted by Crippen LogP contribution is -2.40. The van der Waals surface area contributed by atoms with Gasteiger partial charge in [0, 0.05) is 18.8 Å². The van der Waals surface area contributed by atoms with Crippen molar-refractivity contribution < 1.29 is 14.3 Å². The fourth-order valence-corrected chi connectivity index (χ4v) is 2.62. The molecule has 2 rings (SSSR count). The van der Waals surface area contributed by atoms with E-state index in [1.807, 2.05) is 19.1 Å². The Kier molecular flexibility index (Phi) is 4.83. The van der Waals surface area contributed by atoms with Gasteiger partial charge in [0.2, 0.25) is 0 Å². The Labute approximate surface area is 125 Å². The van der Waals surface area contributed by atoms with Gasteiger partial charge < -0.3 is 15.4 Å². The summed E-state index contributed by atoms with van der Waals surface area (Å²) in [6.45, 7) is 5.22. The van der Waals surface area contributed by atoms with Crippen LogP contribution in [0.5, 0.6) is 0 Å². The van der Waals surface area contributed by atoms with E-state index < -0.39 is 0 Å². The molecule has 0 aromatic heterocycles. The number of ether oxygens (including phenoxy) is 1. The molecule has 1 amide bonds. The third kappa shape index (κ3) is 3.35. The first-order valence-electron chi connectivity index (χ1n) is 7.35. The normalized spacial score (nSPS) is 15.8. The standard InChI is InChI=1S/C16H22N2O3/c1-3-21-16(20)12-7-9-18(10-8-12)15(19)13-6-4-5-11(2)14(13)17/h4-6,12H,3,7-10,17H2,1-2H3. The molecule has 114 valence electrons. The molecule has 0 bridgehead atoms. The van der Waals surface area contributed by atoms with E-state index in [9.17, 15) is 9.59 Å². The van der Waals surface area contributed by atoms with E-state index in [0.29, 0.717) is 43.8 Å². The molecule has 1 saturated heterocycles. The number of amides is 1.